The molecule has 1 saturated heterocycles. The Bertz CT molecular complexity index is 513. The Balaban J connectivity index is 1.83. The summed E-state index contributed by atoms with van der Waals surface area (Å²) in [5.74, 6) is -0.355. The first-order valence-corrected chi connectivity index (χ1v) is 7.01. The number of imide groups is 1. The Kier molecular flexibility index (Phi) is 3.31. The van der Waals surface area contributed by atoms with Gasteiger partial charge in [-0.3, -0.25) is 19.4 Å². The van der Waals surface area contributed by atoms with Gasteiger partial charge in [-0.05, 0) is 26.0 Å². The van der Waals surface area contributed by atoms with E-state index in [9.17, 15) is 9.59 Å². The van der Waals surface area contributed by atoms with E-state index in [4.69, 9.17) is 0 Å². The zero-order valence-electron chi connectivity index (χ0n) is 11.8. The molecule has 5 heteroatoms. The lowest BCUT2D eigenvalue weighted by molar-refractivity contribution is 0.0345. The average Bonchev–Trinajstić information content (AvgIpc) is 2.68. The molecule has 1 fully saturated rings. The van der Waals surface area contributed by atoms with Crippen LogP contribution < -0.4 is 5.32 Å². The Morgan fingerprint density at radius 1 is 1.05 bits per heavy atom. The Morgan fingerprint density at radius 3 is 2.05 bits per heavy atom. The normalized spacial score (nSPS) is 27.0. The fourth-order valence-electron chi connectivity index (χ4n) is 2.98. The van der Waals surface area contributed by atoms with Crippen molar-refractivity contribution in [1.29, 1.82) is 0 Å². The first-order valence-electron chi connectivity index (χ1n) is 7.01. The van der Waals surface area contributed by atoms with Crippen molar-refractivity contribution in [2.24, 2.45) is 0 Å². The second-order valence-electron chi connectivity index (χ2n) is 5.60. The van der Waals surface area contributed by atoms with Crippen molar-refractivity contribution in [2.75, 3.05) is 19.8 Å². The first-order chi connectivity index (χ1) is 9.59. The summed E-state index contributed by atoms with van der Waals surface area (Å²) >= 11 is 0. The van der Waals surface area contributed by atoms with E-state index in [1.165, 1.54) is 4.90 Å². The molecule has 2 atom stereocenters. The molecule has 0 bridgehead atoms. The van der Waals surface area contributed by atoms with E-state index in [2.05, 4.69) is 24.1 Å². The second-order valence-corrected chi connectivity index (χ2v) is 5.60. The molecule has 1 aromatic carbocycles. The van der Waals surface area contributed by atoms with E-state index in [1.807, 2.05) is 0 Å². The third kappa shape index (κ3) is 2.03. The smallest absolute Gasteiger partial charge is 0.262 e. The van der Waals surface area contributed by atoms with E-state index in [1.54, 1.807) is 24.3 Å². The summed E-state index contributed by atoms with van der Waals surface area (Å²) in [6.07, 6.45) is 0. The van der Waals surface area contributed by atoms with Gasteiger partial charge in [0.15, 0.2) is 0 Å². The molecule has 2 aliphatic heterocycles. The molecule has 0 aromatic heterocycles. The first kappa shape index (κ1) is 13.3. The number of carbonyl (C=O) groups is 2. The van der Waals surface area contributed by atoms with Crippen LogP contribution in [0.3, 0.4) is 0 Å². The molecule has 2 heterocycles. The molecule has 1 N–H and O–H groups in total. The molecule has 106 valence electrons. The number of hydrogen-bond acceptors (Lipinski definition) is 4. The summed E-state index contributed by atoms with van der Waals surface area (Å²) in [6, 6.07) is 7.65. The lowest BCUT2D eigenvalue weighted by atomic mass is 10.1. The van der Waals surface area contributed by atoms with Crippen molar-refractivity contribution in [3.8, 4) is 0 Å². The molecule has 2 amide bonds. The summed E-state index contributed by atoms with van der Waals surface area (Å²) in [4.78, 5) is 28.3. The zero-order valence-corrected chi connectivity index (χ0v) is 11.8. The van der Waals surface area contributed by atoms with Crippen molar-refractivity contribution >= 4 is 11.8 Å². The van der Waals surface area contributed by atoms with Gasteiger partial charge >= 0.3 is 0 Å². The number of amides is 2. The molecule has 1 aromatic rings. The summed E-state index contributed by atoms with van der Waals surface area (Å²) < 4.78 is 0. The van der Waals surface area contributed by atoms with Gasteiger partial charge in [0.2, 0.25) is 0 Å². The Labute approximate surface area is 118 Å². The minimum atomic E-state index is -0.177. The summed E-state index contributed by atoms with van der Waals surface area (Å²) in [5, 5.41) is 3.35. The van der Waals surface area contributed by atoms with E-state index < -0.39 is 0 Å². The minimum Gasteiger partial charge on any atom is -0.314 e. The van der Waals surface area contributed by atoms with Gasteiger partial charge in [-0.15, -0.1) is 0 Å². The highest BCUT2D eigenvalue weighted by Crippen LogP contribution is 2.23. The van der Waals surface area contributed by atoms with Gasteiger partial charge in [-0.1, -0.05) is 12.1 Å². The third-order valence-electron chi connectivity index (χ3n) is 4.19. The number of benzene rings is 1. The maximum absolute atomic E-state index is 12.4. The second kappa shape index (κ2) is 5.00. The van der Waals surface area contributed by atoms with Crippen molar-refractivity contribution in [1.82, 2.24) is 15.1 Å². The monoisotopic (exact) mass is 273 g/mol. The highest BCUT2D eigenvalue weighted by Gasteiger charge is 2.38. The summed E-state index contributed by atoms with van der Waals surface area (Å²) in [6.45, 7) is 6.36. The van der Waals surface area contributed by atoms with Crippen molar-refractivity contribution in [3.05, 3.63) is 35.4 Å². The van der Waals surface area contributed by atoms with Gasteiger partial charge in [0.1, 0.15) is 0 Å². The largest absolute Gasteiger partial charge is 0.314 e. The van der Waals surface area contributed by atoms with Crippen LogP contribution in [0.25, 0.3) is 0 Å². The van der Waals surface area contributed by atoms with Gasteiger partial charge in [-0.25, -0.2) is 0 Å². The summed E-state index contributed by atoms with van der Waals surface area (Å²) in [7, 11) is 0. The van der Waals surface area contributed by atoms with E-state index in [0.717, 1.165) is 13.1 Å². The molecule has 3 rings (SSSR count). The lowest BCUT2D eigenvalue weighted by Gasteiger charge is -2.40. The fourth-order valence-corrected chi connectivity index (χ4v) is 2.98. The molecule has 2 unspecified atom stereocenters. The number of nitrogens with zero attached hydrogens (tertiary/aromatic N) is 2. The molecule has 5 nitrogen and oxygen atoms in total. The average molecular weight is 273 g/mol. The number of nitrogens with one attached hydrogen (secondary N) is 1. The van der Waals surface area contributed by atoms with Crippen LogP contribution in [0.1, 0.15) is 34.6 Å². The number of rotatable bonds is 2. The molecule has 0 saturated carbocycles. The molecule has 20 heavy (non-hydrogen) atoms. The van der Waals surface area contributed by atoms with Crippen molar-refractivity contribution in [3.63, 3.8) is 0 Å². The zero-order chi connectivity index (χ0) is 14.3. The number of carbonyl (C=O) groups excluding carboxylic acids is 2. The van der Waals surface area contributed by atoms with Crippen LogP contribution in [-0.2, 0) is 0 Å². The summed E-state index contributed by atoms with van der Waals surface area (Å²) in [5.41, 5.74) is 1.04. The quantitative estimate of drug-likeness (QED) is 0.814. The predicted octanol–water partition coefficient (Wildman–Crippen LogP) is 0.922. The number of piperazine rings is 1. The van der Waals surface area contributed by atoms with Crippen LogP contribution in [0.4, 0.5) is 0 Å². The van der Waals surface area contributed by atoms with Gasteiger partial charge in [0, 0.05) is 25.2 Å². The highest BCUT2D eigenvalue weighted by atomic mass is 16.2. The number of fused-ring (bicyclic) bond motifs is 1. The molecule has 0 aliphatic carbocycles. The highest BCUT2D eigenvalue weighted by molar-refractivity contribution is 6.21. The Morgan fingerprint density at radius 2 is 1.55 bits per heavy atom. The van der Waals surface area contributed by atoms with Gasteiger partial charge < -0.3 is 5.32 Å². The van der Waals surface area contributed by atoms with Gasteiger partial charge in [-0.2, -0.15) is 0 Å². The van der Waals surface area contributed by atoms with Gasteiger partial charge in [0.05, 0.1) is 17.8 Å². The molecule has 0 radical (unpaired) electrons. The van der Waals surface area contributed by atoms with E-state index in [0.29, 0.717) is 29.9 Å². The molecular weight excluding hydrogens is 254 g/mol. The molecule has 0 spiro atoms. The molecular formula is C15H19N3O2. The van der Waals surface area contributed by atoms with Crippen LogP contribution >= 0.6 is 0 Å². The maximum Gasteiger partial charge on any atom is 0.262 e. The lowest BCUT2D eigenvalue weighted by Crippen LogP contribution is -2.58. The number of hydrogen-bond donors (Lipinski definition) is 1. The van der Waals surface area contributed by atoms with Crippen molar-refractivity contribution < 1.29 is 9.59 Å². The Hall–Kier alpha value is -1.72. The molecule has 2 aliphatic rings. The van der Waals surface area contributed by atoms with Crippen LogP contribution in [0.2, 0.25) is 0 Å². The van der Waals surface area contributed by atoms with E-state index >= 15 is 0 Å². The SMILES string of the molecule is CC1CNCC(C)N1CN1C(=O)c2ccccc2C1=O. The topological polar surface area (TPSA) is 52.6 Å². The standard InChI is InChI=1S/C15H19N3O2/c1-10-7-16-8-11(2)17(10)9-18-14(19)12-5-3-4-6-13(12)15(18)20/h3-6,10-11,16H,7-9H2,1-2H3. The minimum absolute atomic E-state index is 0.177. The van der Waals surface area contributed by atoms with Crippen LogP contribution in [-0.4, -0.2) is 53.5 Å². The van der Waals surface area contributed by atoms with Crippen LogP contribution in [0.15, 0.2) is 24.3 Å². The third-order valence-corrected chi connectivity index (χ3v) is 4.19. The van der Waals surface area contributed by atoms with E-state index in [-0.39, 0.29) is 11.8 Å². The fraction of sp³-hybridized carbons (Fsp3) is 0.467. The van der Waals surface area contributed by atoms with Gasteiger partial charge in [0.25, 0.3) is 11.8 Å². The van der Waals surface area contributed by atoms with Crippen molar-refractivity contribution in [2.45, 2.75) is 25.9 Å². The van der Waals surface area contributed by atoms with Crippen LogP contribution in [0.5, 0.6) is 0 Å². The van der Waals surface area contributed by atoms with Crippen LogP contribution in [0, 0.1) is 0 Å². The maximum atomic E-state index is 12.4. The predicted molar refractivity (Wildman–Crippen MR) is 75.4 cm³/mol.